The Balaban J connectivity index is 2.71. The summed E-state index contributed by atoms with van der Waals surface area (Å²) in [5.74, 6) is 0. The minimum absolute atomic E-state index is 0.678. The number of alkyl halides is 1. The summed E-state index contributed by atoms with van der Waals surface area (Å²) in [4.78, 5) is 8.54. The second kappa shape index (κ2) is 7.49. The van der Waals surface area contributed by atoms with E-state index in [4.69, 9.17) is 0 Å². The maximum atomic E-state index is 4.64. The van der Waals surface area contributed by atoms with E-state index >= 15 is 0 Å². The summed E-state index contributed by atoms with van der Waals surface area (Å²) in [6.45, 7) is 10.9. The number of hydrogen-bond acceptors (Lipinski definition) is 3. The van der Waals surface area contributed by atoms with E-state index in [1.807, 2.05) is 11.3 Å². The van der Waals surface area contributed by atoms with Crippen LogP contribution in [0.4, 0.5) is 0 Å². The number of aryl methyl sites for hydroxylation is 2. The lowest BCUT2D eigenvalue weighted by Crippen LogP contribution is -2.35. The fourth-order valence-corrected chi connectivity index (χ4v) is 3.50. The van der Waals surface area contributed by atoms with Gasteiger partial charge in [-0.25, -0.2) is 4.98 Å². The third kappa shape index (κ3) is 4.34. The summed E-state index contributed by atoms with van der Waals surface area (Å²) >= 11 is 5.39. The first-order chi connectivity index (χ1) is 8.12. The largest absolute Gasteiger partial charge is 0.293 e. The molecule has 0 spiro atoms. The van der Waals surface area contributed by atoms with Crippen molar-refractivity contribution in [1.82, 2.24) is 9.88 Å². The van der Waals surface area contributed by atoms with E-state index in [0.29, 0.717) is 6.04 Å². The molecule has 0 amide bonds. The SMILES string of the molecule is CCC(CC)N(CCBr)Cc1nc(C)c(C)s1. The highest BCUT2D eigenvalue weighted by molar-refractivity contribution is 9.09. The summed E-state index contributed by atoms with van der Waals surface area (Å²) in [7, 11) is 0. The smallest absolute Gasteiger partial charge is 0.107 e. The molecule has 0 saturated heterocycles. The van der Waals surface area contributed by atoms with E-state index < -0.39 is 0 Å². The second-order valence-corrected chi connectivity index (χ2v) is 6.46. The van der Waals surface area contributed by atoms with Crippen molar-refractivity contribution in [3.8, 4) is 0 Å². The molecule has 1 heterocycles. The Hall–Kier alpha value is 0.0700. The van der Waals surface area contributed by atoms with Crippen molar-refractivity contribution in [1.29, 1.82) is 0 Å². The van der Waals surface area contributed by atoms with E-state index in [2.05, 4.69) is 53.5 Å². The second-order valence-electron chi connectivity index (χ2n) is 4.38. The van der Waals surface area contributed by atoms with E-state index in [1.54, 1.807) is 0 Å². The van der Waals surface area contributed by atoms with Crippen molar-refractivity contribution in [3.05, 3.63) is 15.6 Å². The van der Waals surface area contributed by atoms with Gasteiger partial charge in [0.05, 0.1) is 12.2 Å². The Bertz CT molecular complexity index is 315. The summed E-state index contributed by atoms with van der Waals surface area (Å²) in [6, 6.07) is 0.678. The van der Waals surface area contributed by atoms with Crippen LogP contribution in [0.15, 0.2) is 0 Å². The van der Waals surface area contributed by atoms with Gasteiger partial charge in [-0.3, -0.25) is 4.90 Å². The van der Waals surface area contributed by atoms with E-state index in [1.165, 1.54) is 28.4 Å². The number of nitrogens with zero attached hydrogens (tertiary/aromatic N) is 2. The van der Waals surface area contributed by atoms with Crippen LogP contribution in [0.1, 0.15) is 42.3 Å². The molecular formula is C13H23BrN2S. The molecule has 0 aliphatic rings. The summed E-state index contributed by atoms with van der Waals surface area (Å²) in [6.07, 6.45) is 2.43. The highest BCUT2D eigenvalue weighted by Crippen LogP contribution is 2.20. The molecule has 0 aliphatic heterocycles. The Morgan fingerprint density at radius 1 is 1.29 bits per heavy atom. The number of hydrogen-bond donors (Lipinski definition) is 0. The van der Waals surface area contributed by atoms with E-state index in [9.17, 15) is 0 Å². The van der Waals surface area contributed by atoms with Crippen molar-refractivity contribution in [3.63, 3.8) is 0 Å². The van der Waals surface area contributed by atoms with Crippen LogP contribution in [0, 0.1) is 13.8 Å². The molecule has 0 aromatic carbocycles. The molecule has 0 N–H and O–H groups in total. The van der Waals surface area contributed by atoms with Gasteiger partial charge in [-0.2, -0.15) is 0 Å². The molecule has 0 atom stereocenters. The van der Waals surface area contributed by atoms with Crippen LogP contribution < -0.4 is 0 Å². The zero-order valence-electron chi connectivity index (χ0n) is 11.3. The third-order valence-electron chi connectivity index (χ3n) is 3.24. The number of thiazole rings is 1. The minimum Gasteiger partial charge on any atom is -0.293 e. The molecule has 0 aliphatic carbocycles. The summed E-state index contributed by atoms with van der Waals surface area (Å²) in [5, 5.41) is 2.29. The molecule has 0 saturated carbocycles. The molecule has 2 nitrogen and oxygen atoms in total. The molecule has 4 heteroatoms. The van der Waals surface area contributed by atoms with Gasteiger partial charge in [-0.05, 0) is 26.7 Å². The van der Waals surface area contributed by atoms with Gasteiger partial charge in [-0.1, -0.05) is 29.8 Å². The number of aromatic nitrogens is 1. The van der Waals surface area contributed by atoms with Crippen LogP contribution in [0.3, 0.4) is 0 Å². The Kier molecular flexibility index (Phi) is 6.67. The van der Waals surface area contributed by atoms with Crippen LogP contribution in [0.25, 0.3) is 0 Å². The molecule has 0 radical (unpaired) electrons. The molecule has 0 unspecified atom stereocenters. The molecule has 0 fully saturated rings. The lowest BCUT2D eigenvalue weighted by molar-refractivity contribution is 0.189. The zero-order valence-corrected chi connectivity index (χ0v) is 13.7. The first-order valence-electron chi connectivity index (χ1n) is 6.35. The normalized spacial score (nSPS) is 11.7. The maximum Gasteiger partial charge on any atom is 0.107 e. The van der Waals surface area contributed by atoms with E-state index in [-0.39, 0.29) is 0 Å². The van der Waals surface area contributed by atoms with Crippen LogP contribution in [-0.2, 0) is 6.54 Å². The van der Waals surface area contributed by atoms with Gasteiger partial charge in [0.2, 0.25) is 0 Å². The van der Waals surface area contributed by atoms with Gasteiger partial charge in [0.15, 0.2) is 0 Å². The predicted octanol–water partition coefficient (Wildman–Crippen LogP) is 4.15. The van der Waals surface area contributed by atoms with Gasteiger partial charge in [0.25, 0.3) is 0 Å². The van der Waals surface area contributed by atoms with E-state index in [0.717, 1.165) is 18.4 Å². The van der Waals surface area contributed by atoms with Crippen LogP contribution in [0.5, 0.6) is 0 Å². The Morgan fingerprint density at radius 3 is 2.35 bits per heavy atom. The highest BCUT2D eigenvalue weighted by atomic mass is 79.9. The van der Waals surface area contributed by atoms with Gasteiger partial charge in [0, 0.05) is 22.8 Å². The lowest BCUT2D eigenvalue weighted by atomic mass is 10.1. The molecule has 98 valence electrons. The lowest BCUT2D eigenvalue weighted by Gasteiger charge is -2.28. The van der Waals surface area contributed by atoms with Crippen molar-refractivity contribution < 1.29 is 0 Å². The molecule has 0 bridgehead atoms. The third-order valence-corrected chi connectivity index (χ3v) is 4.65. The summed E-state index contributed by atoms with van der Waals surface area (Å²) in [5.41, 5.74) is 1.19. The first-order valence-corrected chi connectivity index (χ1v) is 8.29. The fraction of sp³-hybridized carbons (Fsp3) is 0.769. The fourth-order valence-electron chi connectivity index (χ4n) is 2.08. The zero-order chi connectivity index (χ0) is 12.8. The Morgan fingerprint density at radius 2 is 1.94 bits per heavy atom. The van der Waals surface area contributed by atoms with Crippen molar-refractivity contribution in [2.75, 3.05) is 11.9 Å². The average molecular weight is 319 g/mol. The number of rotatable bonds is 7. The first kappa shape index (κ1) is 15.1. The molecule has 1 aromatic rings. The maximum absolute atomic E-state index is 4.64. The van der Waals surface area contributed by atoms with Crippen LogP contribution >= 0.6 is 27.3 Å². The average Bonchev–Trinajstić information content (AvgIpc) is 2.60. The van der Waals surface area contributed by atoms with Gasteiger partial charge >= 0.3 is 0 Å². The molecule has 1 aromatic heterocycles. The Labute approximate surface area is 118 Å². The summed E-state index contributed by atoms with van der Waals surface area (Å²) < 4.78 is 0. The molecule has 1 rings (SSSR count). The molecular weight excluding hydrogens is 296 g/mol. The topological polar surface area (TPSA) is 16.1 Å². The van der Waals surface area contributed by atoms with Crippen LogP contribution in [-0.4, -0.2) is 27.8 Å². The predicted molar refractivity (Wildman–Crippen MR) is 80.2 cm³/mol. The molecule has 17 heavy (non-hydrogen) atoms. The standard InChI is InChI=1S/C13H23BrN2S/c1-5-12(6-2)16(8-7-14)9-13-15-10(3)11(4)17-13/h12H,5-9H2,1-4H3. The minimum atomic E-state index is 0.678. The monoisotopic (exact) mass is 318 g/mol. The van der Waals surface area contributed by atoms with Gasteiger partial charge < -0.3 is 0 Å². The van der Waals surface area contributed by atoms with Gasteiger partial charge in [0.1, 0.15) is 5.01 Å². The van der Waals surface area contributed by atoms with Crippen molar-refractivity contribution in [2.24, 2.45) is 0 Å². The quantitative estimate of drug-likeness (QED) is 0.702. The van der Waals surface area contributed by atoms with Crippen molar-refractivity contribution >= 4 is 27.3 Å². The number of halogens is 1. The highest BCUT2D eigenvalue weighted by Gasteiger charge is 2.16. The van der Waals surface area contributed by atoms with Gasteiger partial charge in [-0.15, -0.1) is 11.3 Å². The van der Waals surface area contributed by atoms with Crippen LogP contribution in [0.2, 0.25) is 0 Å². The van der Waals surface area contributed by atoms with Crippen molar-refractivity contribution in [2.45, 2.75) is 53.1 Å².